The second-order valence-electron chi connectivity index (χ2n) is 7.28. The summed E-state index contributed by atoms with van der Waals surface area (Å²) in [7, 11) is 0. The van der Waals surface area contributed by atoms with Gasteiger partial charge in [-0.05, 0) is 25.1 Å². The monoisotopic (exact) mass is 445 g/mol. The molecule has 31 heavy (non-hydrogen) atoms. The maximum atomic E-state index is 12.6. The first kappa shape index (κ1) is 21.3. The molecule has 9 nitrogen and oxygen atoms in total. The van der Waals surface area contributed by atoms with Crippen molar-refractivity contribution in [2.24, 2.45) is 0 Å². The van der Waals surface area contributed by atoms with E-state index in [0.717, 1.165) is 11.4 Å². The van der Waals surface area contributed by atoms with Crippen LogP contribution in [0.4, 0.5) is 0 Å². The molecule has 1 N–H and O–H groups in total. The van der Waals surface area contributed by atoms with E-state index in [9.17, 15) is 4.79 Å². The van der Waals surface area contributed by atoms with E-state index in [2.05, 4.69) is 20.3 Å². The molecule has 1 aliphatic rings. The van der Waals surface area contributed by atoms with Gasteiger partial charge < -0.3 is 18.9 Å². The molecule has 1 unspecified atom stereocenters. The predicted molar refractivity (Wildman–Crippen MR) is 112 cm³/mol. The second kappa shape index (κ2) is 9.93. The smallest absolute Gasteiger partial charge is 0.227 e. The fraction of sp³-hybridized carbons (Fsp3) is 0.429. The zero-order valence-corrected chi connectivity index (χ0v) is 18.0. The number of hydrogen-bond acceptors (Lipinski definition) is 7. The van der Waals surface area contributed by atoms with E-state index in [1.54, 1.807) is 17.9 Å². The average molecular weight is 446 g/mol. The maximum absolute atomic E-state index is 12.6. The molecular formula is C21H24ClN5O4. The average Bonchev–Trinajstić information content (AvgIpc) is 3.42. The van der Waals surface area contributed by atoms with Gasteiger partial charge in [0.05, 0.1) is 30.5 Å². The summed E-state index contributed by atoms with van der Waals surface area (Å²) in [6.07, 6.45) is 1.13. The summed E-state index contributed by atoms with van der Waals surface area (Å²) < 4.78 is 16.6. The van der Waals surface area contributed by atoms with Gasteiger partial charge in [-0.25, -0.2) is 0 Å². The Kier molecular flexibility index (Phi) is 6.83. The van der Waals surface area contributed by atoms with Crippen LogP contribution < -0.4 is 4.74 Å². The van der Waals surface area contributed by atoms with Gasteiger partial charge >= 0.3 is 0 Å². The summed E-state index contributed by atoms with van der Waals surface area (Å²) in [4.78, 5) is 18.5. The van der Waals surface area contributed by atoms with Gasteiger partial charge in [0.15, 0.2) is 5.82 Å². The minimum atomic E-state index is -0.266. The number of H-pyrrole nitrogens is 1. The van der Waals surface area contributed by atoms with Crippen molar-refractivity contribution in [3.8, 4) is 5.75 Å². The number of rotatable bonds is 8. The third-order valence-corrected chi connectivity index (χ3v) is 5.30. The first-order chi connectivity index (χ1) is 15.1. The normalized spacial score (nSPS) is 16.5. The fourth-order valence-electron chi connectivity index (χ4n) is 3.37. The van der Waals surface area contributed by atoms with Crippen molar-refractivity contribution < 1.29 is 18.8 Å². The van der Waals surface area contributed by atoms with E-state index < -0.39 is 0 Å². The lowest BCUT2D eigenvalue weighted by Gasteiger charge is -2.32. The Labute approximate surface area is 184 Å². The number of para-hydroxylation sites is 1. The van der Waals surface area contributed by atoms with Gasteiger partial charge in [0.2, 0.25) is 11.8 Å². The van der Waals surface area contributed by atoms with E-state index in [1.165, 1.54) is 0 Å². The van der Waals surface area contributed by atoms with Crippen molar-refractivity contribution in [2.45, 2.75) is 32.3 Å². The predicted octanol–water partition coefficient (Wildman–Crippen LogP) is 2.91. The molecule has 1 aliphatic heterocycles. The van der Waals surface area contributed by atoms with Crippen molar-refractivity contribution >= 4 is 17.5 Å². The molecular weight excluding hydrogens is 422 g/mol. The number of carbonyl (C=O) groups excluding carboxylic acids is 1. The lowest BCUT2D eigenvalue weighted by Crippen LogP contribution is -2.42. The molecule has 1 atom stereocenters. The lowest BCUT2D eigenvalue weighted by atomic mass is 10.1. The summed E-state index contributed by atoms with van der Waals surface area (Å²) in [6, 6.07) is 9.33. The molecule has 0 saturated carbocycles. The fourth-order valence-corrected chi connectivity index (χ4v) is 3.56. The number of benzene rings is 1. The number of aryl methyl sites for hydroxylation is 2. The highest BCUT2D eigenvalue weighted by molar-refractivity contribution is 6.32. The summed E-state index contributed by atoms with van der Waals surface area (Å²) >= 11 is 6.10. The number of halogens is 1. The molecule has 1 amide bonds. The molecule has 1 saturated heterocycles. The lowest BCUT2D eigenvalue weighted by molar-refractivity contribution is -0.139. The van der Waals surface area contributed by atoms with Gasteiger partial charge in [-0.15, -0.1) is 0 Å². The van der Waals surface area contributed by atoms with Crippen LogP contribution >= 0.6 is 11.6 Å². The maximum Gasteiger partial charge on any atom is 0.227 e. The number of morpholine rings is 1. The molecule has 2 aromatic heterocycles. The van der Waals surface area contributed by atoms with Crippen LogP contribution in [0.3, 0.4) is 0 Å². The Morgan fingerprint density at radius 2 is 2.23 bits per heavy atom. The van der Waals surface area contributed by atoms with E-state index >= 15 is 0 Å². The van der Waals surface area contributed by atoms with Crippen molar-refractivity contribution in [1.82, 2.24) is 25.2 Å². The molecule has 164 valence electrons. The van der Waals surface area contributed by atoms with Gasteiger partial charge in [0.1, 0.15) is 11.9 Å². The molecule has 0 spiro atoms. The van der Waals surface area contributed by atoms with Crippen LogP contribution in [-0.4, -0.2) is 57.4 Å². The Balaban J connectivity index is 1.27. The Morgan fingerprint density at radius 3 is 3.03 bits per heavy atom. The first-order valence-corrected chi connectivity index (χ1v) is 10.6. The molecule has 4 rings (SSSR count). The molecule has 0 bridgehead atoms. The van der Waals surface area contributed by atoms with Crippen molar-refractivity contribution in [2.75, 3.05) is 26.3 Å². The Hall–Kier alpha value is -2.91. The number of amides is 1. The topological polar surface area (TPSA) is 106 Å². The minimum Gasteiger partial charge on any atom is -0.492 e. The molecule has 1 aromatic carbocycles. The van der Waals surface area contributed by atoms with Crippen LogP contribution in [-0.2, 0) is 22.4 Å². The third kappa shape index (κ3) is 5.62. The van der Waals surface area contributed by atoms with Crippen molar-refractivity contribution in [1.29, 1.82) is 0 Å². The number of nitrogens with one attached hydrogen (secondary N) is 1. The molecule has 10 heteroatoms. The first-order valence-electron chi connectivity index (χ1n) is 10.2. The quantitative estimate of drug-likeness (QED) is 0.568. The number of aromatic nitrogens is 4. The van der Waals surface area contributed by atoms with Gasteiger partial charge in [-0.1, -0.05) is 28.9 Å². The molecule has 3 aromatic rings. The van der Waals surface area contributed by atoms with Crippen LogP contribution in [0.1, 0.15) is 35.6 Å². The van der Waals surface area contributed by atoms with Gasteiger partial charge in [0, 0.05) is 31.5 Å². The highest BCUT2D eigenvalue weighted by atomic mass is 35.5. The summed E-state index contributed by atoms with van der Waals surface area (Å²) in [6.45, 7) is 3.70. The van der Waals surface area contributed by atoms with E-state index in [-0.39, 0.29) is 12.0 Å². The second-order valence-corrected chi connectivity index (χ2v) is 7.69. The molecule has 3 heterocycles. The number of nitrogens with zero attached hydrogens (tertiary/aromatic N) is 4. The SMILES string of the molecule is Cc1noc(CCC(=O)N2CCOC(c3cc(CCOc4ccccc4Cl)[nH]n3)C2)n1. The van der Waals surface area contributed by atoms with E-state index in [0.29, 0.717) is 68.1 Å². The van der Waals surface area contributed by atoms with Gasteiger partial charge in [-0.2, -0.15) is 10.1 Å². The van der Waals surface area contributed by atoms with Crippen LogP contribution in [0.5, 0.6) is 5.75 Å². The summed E-state index contributed by atoms with van der Waals surface area (Å²) in [5.74, 6) is 1.74. The third-order valence-electron chi connectivity index (χ3n) is 4.99. The number of hydrogen-bond donors (Lipinski definition) is 1. The van der Waals surface area contributed by atoms with E-state index in [1.807, 2.05) is 24.3 Å². The highest BCUT2D eigenvalue weighted by Crippen LogP contribution is 2.24. The van der Waals surface area contributed by atoms with Crippen LogP contribution in [0.15, 0.2) is 34.9 Å². The van der Waals surface area contributed by atoms with Gasteiger partial charge in [0.25, 0.3) is 0 Å². The summed E-state index contributed by atoms with van der Waals surface area (Å²) in [5, 5.41) is 11.7. The van der Waals surface area contributed by atoms with Gasteiger partial charge in [-0.3, -0.25) is 9.89 Å². The number of ether oxygens (including phenoxy) is 2. The highest BCUT2D eigenvalue weighted by Gasteiger charge is 2.27. The van der Waals surface area contributed by atoms with Crippen molar-refractivity contribution in [3.05, 3.63) is 58.5 Å². The van der Waals surface area contributed by atoms with Crippen molar-refractivity contribution in [3.63, 3.8) is 0 Å². The van der Waals surface area contributed by atoms with Crippen LogP contribution in [0, 0.1) is 6.92 Å². The Bertz CT molecular complexity index is 1020. The van der Waals surface area contributed by atoms with Crippen LogP contribution in [0.2, 0.25) is 5.02 Å². The van der Waals surface area contributed by atoms with E-state index in [4.69, 9.17) is 25.6 Å². The largest absolute Gasteiger partial charge is 0.492 e. The number of carbonyl (C=O) groups is 1. The molecule has 0 radical (unpaired) electrons. The molecule has 1 fully saturated rings. The minimum absolute atomic E-state index is 0.0352. The standard InChI is InChI=1S/C21H24ClN5O4/c1-14-23-20(31-26-14)6-7-21(28)27-9-11-30-19(13-27)17-12-15(24-25-17)8-10-29-18-5-3-2-4-16(18)22/h2-5,12,19H,6-11,13H2,1H3,(H,24,25). The number of aromatic amines is 1. The summed E-state index contributed by atoms with van der Waals surface area (Å²) in [5.41, 5.74) is 1.71. The Morgan fingerprint density at radius 1 is 1.35 bits per heavy atom. The molecule has 0 aliphatic carbocycles. The zero-order chi connectivity index (χ0) is 21.6. The zero-order valence-electron chi connectivity index (χ0n) is 17.2. The van der Waals surface area contributed by atoms with Crippen LogP contribution in [0.25, 0.3) is 0 Å².